The lowest BCUT2D eigenvalue weighted by Crippen LogP contribution is -2.19. The van der Waals surface area contributed by atoms with Gasteiger partial charge in [-0.15, -0.1) is 0 Å². The van der Waals surface area contributed by atoms with Crippen LogP contribution >= 0.6 is 15.9 Å². The molecule has 2 aromatic rings. The SMILES string of the molecule is Fc1ccc(Br)cc1C1CCc2ccccc2N1. The minimum Gasteiger partial charge on any atom is -0.378 e. The fourth-order valence-electron chi connectivity index (χ4n) is 2.45. The van der Waals surface area contributed by atoms with Gasteiger partial charge in [0.1, 0.15) is 5.82 Å². The second kappa shape index (κ2) is 4.73. The maximum atomic E-state index is 13.9. The van der Waals surface area contributed by atoms with Crippen molar-refractivity contribution in [3.63, 3.8) is 0 Å². The summed E-state index contributed by atoms with van der Waals surface area (Å²) in [5.41, 5.74) is 3.16. The normalized spacial score (nSPS) is 18.0. The van der Waals surface area contributed by atoms with Crippen molar-refractivity contribution in [2.75, 3.05) is 5.32 Å². The molecule has 1 atom stereocenters. The van der Waals surface area contributed by atoms with Crippen LogP contribution in [-0.4, -0.2) is 0 Å². The number of halogens is 2. The van der Waals surface area contributed by atoms with Gasteiger partial charge in [0, 0.05) is 15.7 Å². The van der Waals surface area contributed by atoms with Crippen LogP contribution < -0.4 is 5.32 Å². The van der Waals surface area contributed by atoms with Crippen molar-refractivity contribution in [1.29, 1.82) is 0 Å². The highest BCUT2D eigenvalue weighted by atomic mass is 79.9. The predicted molar refractivity (Wildman–Crippen MR) is 75.2 cm³/mol. The molecule has 3 rings (SSSR count). The lowest BCUT2D eigenvalue weighted by Gasteiger charge is -2.27. The summed E-state index contributed by atoms with van der Waals surface area (Å²) in [6, 6.07) is 13.4. The molecule has 3 heteroatoms. The molecular formula is C15H13BrFN. The Kier molecular flexibility index (Phi) is 3.08. The van der Waals surface area contributed by atoms with Gasteiger partial charge in [-0.05, 0) is 42.7 Å². The van der Waals surface area contributed by atoms with Gasteiger partial charge in [-0.1, -0.05) is 34.1 Å². The topological polar surface area (TPSA) is 12.0 Å². The molecule has 0 fully saturated rings. The Bertz CT molecular complexity index is 582. The smallest absolute Gasteiger partial charge is 0.128 e. The summed E-state index contributed by atoms with van der Waals surface area (Å²) in [7, 11) is 0. The number of fused-ring (bicyclic) bond motifs is 1. The molecule has 0 bridgehead atoms. The summed E-state index contributed by atoms with van der Waals surface area (Å²) in [5.74, 6) is -0.143. The van der Waals surface area contributed by atoms with E-state index in [1.54, 1.807) is 6.07 Å². The summed E-state index contributed by atoms with van der Waals surface area (Å²) in [5, 5.41) is 3.42. The van der Waals surface area contributed by atoms with Gasteiger partial charge in [-0.3, -0.25) is 0 Å². The zero-order chi connectivity index (χ0) is 12.5. The van der Waals surface area contributed by atoms with Crippen LogP contribution in [0.1, 0.15) is 23.6 Å². The minimum atomic E-state index is -0.143. The molecule has 0 saturated heterocycles. The third kappa shape index (κ3) is 2.15. The van der Waals surface area contributed by atoms with E-state index in [2.05, 4.69) is 33.4 Å². The Labute approximate surface area is 114 Å². The van der Waals surface area contributed by atoms with Crippen LogP contribution in [-0.2, 0) is 6.42 Å². The van der Waals surface area contributed by atoms with E-state index in [0.29, 0.717) is 0 Å². The van der Waals surface area contributed by atoms with Crippen LogP contribution in [0.15, 0.2) is 46.9 Å². The molecule has 1 nitrogen and oxygen atoms in total. The van der Waals surface area contributed by atoms with Gasteiger partial charge < -0.3 is 5.32 Å². The average Bonchev–Trinajstić information content (AvgIpc) is 2.41. The molecule has 18 heavy (non-hydrogen) atoms. The Morgan fingerprint density at radius 2 is 2.00 bits per heavy atom. The van der Waals surface area contributed by atoms with Crippen LogP contribution in [0.4, 0.5) is 10.1 Å². The molecule has 1 aliphatic heterocycles. The van der Waals surface area contributed by atoms with Crippen LogP contribution in [0.25, 0.3) is 0 Å². The first-order chi connectivity index (χ1) is 8.74. The number of nitrogens with one attached hydrogen (secondary N) is 1. The first-order valence-corrected chi connectivity index (χ1v) is 6.83. The lowest BCUT2D eigenvalue weighted by atomic mass is 9.93. The van der Waals surface area contributed by atoms with E-state index in [9.17, 15) is 4.39 Å². The summed E-state index contributed by atoms with van der Waals surface area (Å²) >= 11 is 3.40. The van der Waals surface area contributed by atoms with Crippen molar-refractivity contribution in [2.24, 2.45) is 0 Å². The number of aryl methyl sites for hydroxylation is 1. The molecule has 0 radical (unpaired) electrons. The molecule has 0 spiro atoms. The Hall–Kier alpha value is -1.35. The highest BCUT2D eigenvalue weighted by molar-refractivity contribution is 9.10. The maximum absolute atomic E-state index is 13.9. The lowest BCUT2D eigenvalue weighted by molar-refractivity contribution is 0.572. The van der Waals surface area contributed by atoms with Gasteiger partial charge >= 0.3 is 0 Å². The Morgan fingerprint density at radius 1 is 1.17 bits per heavy atom. The summed E-state index contributed by atoms with van der Waals surface area (Å²) in [4.78, 5) is 0. The summed E-state index contributed by atoms with van der Waals surface area (Å²) in [6.45, 7) is 0. The first-order valence-electron chi connectivity index (χ1n) is 6.03. The van der Waals surface area contributed by atoms with Crippen molar-refractivity contribution >= 4 is 21.6 Å². The fraction of sp³-hybridized carbons (Fsp3) is 0.200. The predicted octanol–water partition coefficient (Wildman–Crippen LogP) is 4.69. The van der Waals surface area contributed by atoms with Crippen molar-refractivity contribution in [2.45, 2.75) is 18.9 Å². The van der Waals surface area contributed by atoms with Gasteiger partial charge in [-0.2, -0.15) is 0 Å². The Morgan fingerprint density at radius 3 is 2.89 bits per heavy atom. The fourth-order valence-corrected chi connectivity index (χ4v) is 2.83. The summed E-state index contributed by atoms with van der Waals surface area (Å²) in [6.07, 6.45) is 1.91. The number of rotatable bonds is 1. The highest BCUT2D eigenvalue weighted by Gasteiger charge is 2.21. The molecule has 0 saturated carbocycles. The highest BCUT2D eigenvalue weighted by Crippen LogP contribution is 2.34. The molecule has 92 valence electrons. The quantitative estimate of drug-likeness (QED) is 0.806. The van der Waals surface area contributed by atoms with E-state index in [1.807, 2.05) is 18.2 Å². The van der Waals surface area contributed by atoms with Crippen molar-refractivity contribution in [1.82, 2.24) is 0 Å². The van der Waals surface area contributed by atoms with E-state index in [0.717, 1.165) is 28.6 Å². The molecule has 1 unspecified atom stereocenters. The van der Waals surface area contributed by atoms with Crippen molar-refractivity contribution < 1.29 is 4.39 Å². The monoisotopic (exact) mass is 305 g/mol. The molecule has 2 aromatic carbocycles. The van der Waals surface area contributed by atoms with E-state index in [4.69, 9.17) is 0 Å². The van der Waals surface area contributed by atoms with Crippen molar-refractivity contribution in [3.05, 3.63) is 63.9 Å². The molecular weight excluding hydrogens is 293 g/mol. The number of anilines is 1. The second-order valence-corrected chi connectivity index (χ2v) is 5.47. The van der Waals surface area contributed by atoms with E-state index in [-0.39, 0.29) is 11.9 Å². The minimum absolute atomic E-state index is 0.0531. The molecule has 1 N–H and O–H groups in total. The van der Waals surface area contributed by atoms with Gasteiger partial charge in [0.05, 0.1) is 6.04 Å². The standard InChI is InChI=1S/C15H13BrFN/c16-11-6-7-13(17)12(9-11)15-8-5-10-3-1-2-4-14(10)18-15/h1-4,6-7,9,15,18H,5,8H2. The molecule has 0 aromatic heterocycles. The van der Waals surface area contributed by atoms with Gasteiger partial charge in [0.2, 0.25) is 0 Å². The first kappa shape index (κ1) is 11.7. The Balaban J connectivity index is 1.94. The number of para-hydroxylation sites is 1. The number of hydrogen-bond donors (Lipinski definition) is 1. The van der Waals surface area contributed by atoms with Gasteiger partial charge in [-0.25, -0.2) is 4.39 Å². The zero-order valence-electron chi connectivity index (χ0n) is 9.79. The van der Waals surface area contributed by atoms with E-state index < -0.39 is 0 Å². The second-order valence-electron chi connectivity index (χ2n) is 4.56. The number of benzene rings is 2. The molecule has 1 aliphatic rings. The van der Waals surface area contributed by atoms with Crippen LogP contribution in [0.2, 0.25) is 0 Å². The van der Waals surface area contributed by atoms with E-state index in [1.165, 1.54) is 11.6 Å². The zero-order valence-corrected chi connectivity index (χ0v) is 11.4. The molecule has 0 aliphatic carbocycles. The van der Waals surface area contributed by atoms with Crippen molar-refractivity contribution in [3.8, 4) is 0 Å². The maximum Gasteiger partial charge on any atom is 0.128 e. The summed E-state index contributed by atoms with van der Waals surface area (Å²) < 4.78 is 14.8. The van der Waals surface area contributed by atoms with E-state index >= 15 is 0 Å². The van der Waals surface area contributed by atoms with Gasteiger partial charge in [0.25, 0.3) is 0 Å². The largest absolute Gasteiger partial charge is 0.378 e. The third-order valence-corrected chi connectivity index (χ3v) is 3.88. The van der Waals surface area contributed by atoms with Crippen LogP contribution in [0.3, 0.4) is 0 Å². The van der Waals surface area contributed by atoms with Crippen LogP contribution in [0.5, 0.6) is 0 Å². The average molecular weight is 306 g/mol. The third-order valence-electron chi connectivity index (χ3n) is 3.38. The molecule has 1 heterocycles. The van der Waals surface area contributed by atoms with Crippen LogP contribution in [0, 0.1) is 5.82 Å². The molecule has 0 amide bonds. The van der Waals surface area contributed by atoms with Gasteiger partial charge in [0.15, 0.2) is 0 Å². The number of hydrogen-bond acceptors (Lipinski definition) is 1.